The van der Waals surface area contributed by atoms with Gasteiger partial charge in [-0.1, -0.05) is 36.8 Å². The van der Waals surface area contributed by atoms with E-state index in [2.05, 4.69) is 53.4 Å². The Labute approximate surface area is 193 Å². The van der Waals surface area contributed by atoms with E-state index >= 15 is 0 Å². The number of halogens is 1. The first-order valence-electron chi connectivity index (χ1n) is 10.3. The highest BCUT2D eigenvalue weighted by atomic mass is 127. The number of piperidine rings is 1. The average Bonchev–Trinajstić information content (AvgIpc) is 2.70. The molecular formula is C22H38IN5O. The van der Waals surface area contributed by atoms with Gasteiger partial charge in [0.2, 0.25) is 5.91 Å². The van der Waals surface area contributed by atoms with E-state index in [1.54, 1.807) is 19.0 Å². The highest BCUT2D eigenvalue weighted by molar-refractivity contribution is 14.0. The quantitative estimate of drug-likeness (QED) is 0.333. The fourth-order valence-corrected chi connectivity index (χ4v) is 3.38. The number of aliphatic imine (C=N–C) groups is 1. The first kappa shape index (κ1) is 25.7. The standard InChI is InChI=1S/C22H37N5O.HI/c1-18(19-12-8-6-9-13-19)25-21(23-16-20(28)26(4)5)24-17-22(2,3)27-14-10-7-11-15-27;/h6,8-9,12-13,18H,7,10-11,14-17H2,1-5H3,(H2,23,24,25);1H. The maximum Gasteiger partial charge on any atom is 0.243 e. The van der Waals surface area contributed by atoms with Crippen molar-refractivity contribution in [3.8, 4) is 0 Å². The number of benzene rings is 1. The lowest BCUT2D eigenvalue weighted by atomic mass is 9.98. The van der Waals surface area contributed by atoms with Gasteiger partial charge in [-0.25, -0.2) is 4.99 Å². The number of rotatable bonds is 7. The van der Waals surface area contributed by atoms with Gasteiger partial charge in [-0.2, -0.15) is 0 Å². The minimum Gasteiger partial charge on any atom is -0.355 e. The number of likely N-dealkylation sites (tertiary alicyclic amines) is 1. The summed E-state index contributed by atoms with van der Waals surface area (Å²) < 4.78 is 0. The number of amides is 1. The van der Waals surface area contributed by atoms with Gasteiger partial charge in [0, 0.05) is 26.2 Å². The molecule has 1 aromatic carbocycles. The third kappa shape index (κ3) is 8.50. The Balaban J connectivity index is 0.00000420. The summed E-state index contributed by atoms with van der Waals surface area (Å²) in [7, 11) is 3.51. The van der Waals surface area contributed by atoms with E-state index in [1.807, 2.05) is 18.2 Å². The Bertz CT molecular complexity index is 642. The maximum absolute atomic E-state index is 12.0. The molecule has 1 heterocycles. The zero-order chi connectivity index (χ0) is 20.6. The van der Waals surface area contributed by atoms with E-state index in [0.29, 0.717) is 5.96 Å². The van der Waals surface area contributed by atoms with Gasteiger partial charge in [0.05, 0.1) is 6.04 Å². The van der Waals surface area contributed by atoms with Crippen molar-refractivity contribution in [3.63, 3.8) is 0 Å². The topological polar surface area (TPSA) is 60.0 Å². The molecule has 0 aliphatic carbocycles. The number of hydrogen-bond acceptors (Lipinski definition) is 3. The molecular weight excluding hydrogens is 477 g/mol. The van der Waals surface area contributed by atoms with Crippen molar-refractivity contribution >= 4 is 35.8 Å². The fourth-order valence-electron chi connectivity index (χ4n) is 3.38. The molecule has 0 saturated carbocycles. The molecule has 1 saturated heterocycles. The van der Waals surface area contributed by atoms with Crippen molar-refractivity contribution in [1.82, 2.24) is 20.4 Å². The molecule has 2 rings (SSSR count). The van der Waals surface area contributed by atoms with Gasteiger partial charge in [-0.15, -0.1) is 24.0 Å². The average molecular weight is 515 g/mol. The zero-order valence-electron chi connectivity index (χ0n) is 18.6. The highest BCUT2D eigenvalue weighted by Crippen LogP contribution is 2.20. The molecule has 7 heteroatoms. The minimum atomic E-state index is -0.0104. The number of guanidine groups is 1. The summed E-state index contributed by atoms with van der Waals surface area (Å²) in [4.78, 5) is 20.7. The summed E-state index contributed by atoms with van der Waals surface area (Å²) in [5, 5.41) is 6.93. The van der Waals surface area contributed by atoms with Crippen molar-refractivity contribution in [2.75, 3.05) is 40.3 Å². The van der Waals surface area contributed by atoms with Gasteiger partial charge in [-0.05, 0) is 52.3 Å². The Morgan fingerprint density at radius 1 is 1.17 bits per heavy atom. The second-order valence-electron chi connectivity index (χ2n) is 8.44. The van der Waals surface area contributed by atoms with Crippen LogP contribution in [0.3, 0.4) is 0 Å². The molecule has 1 amide bonds. The van der Waals surface area contributed by atoms with Crippen molar-refractivity contribution in [3.05, 3.63) is 35.9 Å². The molecule has 29 heavy (non-hydrogen) atoms. The van der Waals surface area contributed by atoms with Crippen LogP contribution in [0.2, 0.25) is 0 Å². The van der Waals surface area contributed by atoms with Crippen LogP contribution in [0, 0.1) is 0 Å². The van der Waals surface area contributed by atoms with Crippen molar-refractivity contribution in [2.24, 2.45) is 4.99 Å². The molecule has 6 nitrogen and oxygen atoms in total. The fraction of sp³-hybridized carbons (Fsp3) is 0.636. The molecule has 1 atom stereocenters. The van der Waals surface area contributed by atoms with Crippen molar-refractivity contribution in [2.45, 2.75) is 51.6 Å². The van der Waals surface area contributed by atoms with E-state index in [0.717, 1.165) is 19.6 Å². The normalized spacial score (nSPS) is 16.5. The zero-order valence-corrected chi connectivity index (χ0v) is 20.9. The lowest BCUT2D eigenvalue weighted by Crippen LogP contribution is -2.55. The SMILES string of the molecule is CC(NC(=NCC(=O)N(C)C)NCC(C)(C)N1CCCCC1)c1ccccc1.I. The molecule has 0 radical (unpaired) electrons. The summed E-state index contributed by atoms with van der Waals surface area (Å²) in [6, 6.07) is 10.4. The molecule has 2 N–H and O–H groups in total. The largest absolute Gasteiger partial charge is 0.355 e. The first-order chi connectivity index (χ1) is 13.3. The summed E-state index contributed by atoms with van der Waals surface area (Å²) >= 11 is 0. The number of hydrogen-bond donors (Lipinski definition) is 2. The molecule has 0 bridgehead atoms. The predicted octanol–water partition coefficient (Wildman–Crippen LogP) is 3.25. The summed E-state index contributed by atoms with van der Waals surface area (Å²) in [6.07, 6.45) is 3.87. The second-order valence-corrected chi connectivity index (χ2v) is 8.44. The predicted molar refractivity (Wildman–Crippen MR) is 132 cm³/mol. The molecule has 0 aromatic heterocycles. The van der Waals surface area contributed by atoms with E-state index in [1.165, 1.54) is 24.8 Å². The van der Waals surface area contributed by atoms with Crippen LogP contribution in [0.25, 0.3) is 0 Å². The monoisotopic (exact) mass is 515 g/mol. The summed E-state index contributed by atoms with van der Waals surface area (Å²) in [6.45, 7) is 9.85. The van der Waals surface area contributed by atoms with E-state index in [-0.39, 0.29) is 48.0 Å². The van der Waals surface area contributed by atoms with Gasteiger partial charge in [0.25, 0.3) is 0 Å². The number of nitrogens with one attached hydrogen (secondary N) is 2. The molecule has 1 unspecified atom stereocenters. The number of nitrogens with zero attached hydrogens (tertiary/aromatic N) is 3. The minimum absolute atomic E-state index is 0. The van der Waals surface area contributed by atoms with E-state index in [4.69, 9.17) is 0 Å². The summed E-state index contributed by atoms with van der Waals surface area (Å²) in [5.41, 5.74) is 1.22. The van der Waals surface area contributed by atoms with Gasteiger partial charge >= 0.3 is 0 Å². The first-order valence-corrected chi connectivity index (χ1v) is 10.3. The van der Waals surface area contributed by atoms with Crippen LogP contribution in [0.5, 0.6) is 0 Å². The smallest absolute Gasteiger partial charge is 0.243 e. The Hall–Kier alpha value is -1.35. The van der Waals surface area contributed by atoms with Gasteiger partial charge < -0.3 is 15.5 Å². The molecule has 1 aromatic rings. The molecule has 1 fully saturated rings. The maximum atomic E-state index is 12.0. The van der Waals surface area contributed by atoms with Crippen LogP contribution in [0.15, 0.2) is 35.3 Å². The third-order valence-electron chi connectivity index (χ3n) is 5.42. The molecule has 1 aliphatic rings. The summed E-state index contributed by atoms with van der Waals surface area (Å²) in [5.74, 6) is 0.667. The van der Waals surface area contributed by atoms with Crippen LogP contribution in [-0.4, -0.2) is 67.5 Å². The molecule has 164 valence electrons. The number of carbonyl (C=O) groups excluding carboxylic acids is 1. The lowest BCUT2D eigenvalue weighted by Gasteiger charge is -2.41. The van der Waals surface area contributed by atoms with E-state index in [9.17, 15) is 4.79 Å². The van der Waals surface area contributed by atoms with Gasteiger partial charge in [0.15, 0.2) is 5.96 Å². The Morgan fingerprint density at radius 2 is 1.79 bits per heavy atom. The number of likely N-dealkylation sites (N-methyl/N-ethyl adjacent to an activating group) is 1. The van der Waals surface area contributed by atoms with Crippen LogP contribution >= 0.6 is 24.0 Å². The van der Waals surface area contributed by atoms with Crippen molar-refractivity contribution in [1.29, 1.82) is 0 Å². The Morgan fingerprint density at radius 3 is 2.38 bits per heavy atom. The lowest BCUT2D eigenvalue weighted by molar-refractivity contribution is -0.127. The van der Waals surface area contributed by atoms with E-state index < -0.39 is 0 Å². The Kier molecular flexibility index (Phi) is 11.0. The van der Waals surface area contributed by atoms with Crippen LogP contribution in [-0.2, 0) is 4.79 Å². The van der Waals surface area contributed by atoms with Crippen LogP contribution in [0.4, 0.5) is 0 Å². The highest BCUT2D eigenvalue weighted by Gasteiger charge is 2.28. The van der Waals surface area contributed by atoms with Gasteiger partial charge in [0.1, 0.15) is 6.54 Å². The second kappa shape index (κ2) is 12.4. The van der Waals surface area contributed by atoms with Crippen LogP contribution < -0.4 is 10.6 Å². The molecule has 0 spiro atoms. The third-order valence-corrected chi connectivity index (χ3v) is 5.42. The van der Waals surface area contributed by atoms with Gasteiger partial charge in [-0.3, -0.25) is 9.69 Å². The molecule has 1 aliphatic heterocycles. The number of carbonyl (C=O) groups is 1. The van der Waals surface area contributed by atoms with Crippen LogP contribution in [0.1, 0.15) is 51.6 Å². The van der Waals surface area contributed by atoms with Crippen molar-refractivity contribution < 1.29 is 4.79 Å².